The van der Waals surface area contributed by atoms with Gasteiger partial charge >= 0.3 is 5.97 Å². The summed E-state index contributed by atoms with van der Waals surface area (Å²) in [5, 5.41) is 21.3. The van der Waals surface area contributed by atoms with Crippen molar-refractivity contribution in [3.05, 3.63) is 35.4 Å². The van der Waals surface area contributed by atoms with E-state index in [0.29, 0.717) is 0 Å². The number of methoxy groups -OCH3 is 1. The first kappa shape index (κ1) is 18.0. The molecule has 3 saturated heterocycles. The summed E-state index contributed by atoms with van der Waals surface area (Å²) in [5.41, 5.74) is 1.12. The Morgan fingerprint density at radius 3 is 2.86 bits per heavy atom. The number of esters is 1. The van der Waals surface area contributed by atoms with Gasteiger partial charge in [0.05, 0.1) is 19.1 Å². The van der Waals surface area contributed by atoms with Crippen LogP contribution < -0.4 is 4.90 Å². The lowest BCUT2D eigenvalue weighted by Gasteiger charge is -2.59. The molecule has 0 radical (unpaired) electrons. The molecule has 6 rings (SSSR count). The number of hydrogen-bond donors (Lipinski definition) is 2. The molecular formula is C22H28N2O4. The normalized spacial score (nSPS) is 41.7. The number of phenols is 1. The lowest BCUT2D eigenvalue weighted by atomic mass is 9.46. The number of carbonyl (C=O) groups is 1. The topological polar surface area (TPSA) is 73.2 Å². The third-order valence-electron chi connectivity index (χ3n) is 8.45. The van der Waals surface area contributed by atoms with E-state index in [1.807, 2.05) is 19.1 Å². The summed E-state index contributed by atoms with van der Waals surface area (Å²) in [6, 6.07) is 5.47. The summed E-state index contributed by atoms with van der Waals surface area (Å²) in [6.07, 6.45) is 4.63. The number of fused-ring (bicyclic) bond motifs is 3. The van der Waals surface area contributed by atoms with E-state index in [1.165, 1.54) is 12.7 Å². The molecule has 4 fully saturated rings. The van der Waals surface area contributed by atoms with E-state index in [0.717, 1.165) is 43.6 Å². The van der Waals surface area contributed by atoms with Crippen molar-refractivity contribution >= 4 is 11.7 Å². The second-order valence-corrected chi connectivity index (χ2v) is 8.73. The third kappa shape index (κ3) is 1.56. The Labute approximate surface area is 165 Å². The maximum Gasteiger partial charge on any atom is 0.315 e. The molecule has 2 unspecified atom stereocenters. The van der Waals surface area contributed by atoms with Gasteiger partial charge in [0.1, 0.15) is 16.8 Å². The highest BCUT2D eigenvalue weighted by atomic mass is 16.5. The Bertz CT molecular complexity index is 899. The van der Waals surface area contributed by atoms with Crippen LogP contribution in [0.25, 0.3) is 0 Å². The number of anilines is 1. The van der Waals surface area contributed by atoms with Gasteiger partial charge in [-0.1, -0.05) is 11.6 Å². The fourth-order valence-electron chi connectivity index (χ4n) is 7.56. The van der Waals surface area contributed by atoms with Crippen molar-refractivity contribution in [2.24, 2.45) is 11.3 Å². The number of likely N-dealkylation sites (N-methyl/N-ethyl adjacent to an activating group) is 1. The molecule has 1 aromatic rings. The van der Waals surface area contributed by atoms with E-state index in [4.69, 9.17) is 4.74 Å². The van der Waals surface area contributed by atoms with Gasteiger partial charge in [-0.2, -0.15) is 0 Å². The Morgan fingerprint density at radius 1 is 1.39 bits per heavy atom. The Morgan fingerprint density at radius 2 is 2.18 bits per heavy atom. The molecule has 6 nitrogen and oxygen atoms in total. The fraction of sp³-hybridized carbons (Fsp3) is 0.591. The van der Waals surface area contributed by atoms with Crippen LogP contribution in [0.3, 0.4) is 0 Å². The molecule has 4 bridgehead atoms. The highest BCUT2D eigenvalue weighted by Gasteiger charge is 2.81. The van der Waals surface area contributed by atoms with Crippen molar-refractivity contribution in [1.29, 1.82) is 0 Å². The molecule has 1 spiro atoms. The van der Waals surface area contributed by atoms with Gasteiger partial charge in [0.15, 0.2) is 0 Å². The first-order chi connectivity index (χ1) is 13.4. The minimum absolute atomic E-state index is 0.0740. The highest BCUT2D eigenvalue weighted by Crippen LogP contribution is 2.74. The third-order valence-corrected chi connectivity index (χ3v) is 8.45. The number of allylic oxidation sites excluding steroid dienone is 1. The SMILES string of the molecule is C/C=C1/CN2CC[C@@]34c5cc(O)ccc5N(C)[C@@]23CC[C@H]1C4(CO)C(=O)OC. The molecule has 5 aliphatic rings. The number of aliphatic hydroxyl groups is 1. The van der Waals surface area contributed by atoms with Crippen LogP contribution in [0.2, 0.25) is 0 Å². The first-order valence-electron chi connectivity index (χ1n) is 10.1. The fourth-order valence-corrected chi connectivity index (χ4v) is 7.56. The predicted molar refractivity (Wildman–Crippen MR) is 105 cm³/mol. The smallest absolute Gasteiger partial charge is 0.315 e. The van der Waals surface area contributed by atoms with Gasteiger partial charge < -0.3 is 19.8 Å². The molecule has 150 valence electrons. The summed E-state index contributed by atoms with van der Waals surface area (Å²) >= 11 is 0. The molecule has 6 heteroatoms. The zero-order chi connectivity index (χ0) is 19.9. The number of hydrogen-bond acceptors (Lipinski definition) is 6. The first-order valence-corrected chi connectivity index (χ1v) is 10.1. The number of nitrogens with zero attached hydrogens (tertiary/aromatic N) is 2. The minimum atomic E-state index is -1.07. The van der Waals surface area contributed by atoms with E-state index >= 15 is 0 Å². The van der Waals surface area contributed by atoms with Crippen LogP contribution in [0.5, 0.6) is 5.75 Å². The van der Waals surface area contributed by atoms with Gasteiger partial charge in [0.2, 0.25) is 0 Å². The Balaban J connectivity index is 1.94. The van der Waals surface area contributed by atoms with Crippen LogP contribution >= 0.6 is 0 Å². The Kier molecular flexibility index (Phi) is 3.55. The molecular weight excluding hydrogens is 356 g/mol. The van der Waals surface area contributed by atoms with Gasteiger partial charge in [-0.25, -0.2) is 0 Å². The van der Waals surface area contributed by atoms with Gasteiger partial charge in [0, 0.05) is 31.7 Å². The van der Waals surface area contributed by atoms with Gasteiger partial charge in [-0.05, 0) is 49.9 Å². The molecule has 1 saturated carbocycles. The van der Waals surface area contributed by atoms with Crippen molar-refractivity contribution in [2.75, 3.05) is 38.8 Å². The monoisotopic (exact) mass is 384 g/mol. The van der Waals surface area contributed by atoms with E-state index in [1.54, 1.807) is 6.07 Å². The van der Waals surface area contributed by atoms with Crippen LogP contribution in [0.15, 0.2) is 29.8 Å². The van der Waals surface area contributed by atoms with Crippen molar-refractivity contribution in [3.8, 4) is 5.75 Å². The van der Waals surface area contributed by atoms with E-state index in [2.05, 4.69) is 22.9 Å². The second kappa shape index (κ2) is 5.51. The summed E-state index contributed by atoms with van der Waals surface area (Å²) < 4.78 is 5.39. The molecule has 0 aromatic heterocycles. The minimum Gasteiger partial charge on any atom is -0.508 e. The molecule has 1 aliphatic carbocycles. The molecule has 5 atom stereocenters. The number of phenolic OH excluding ortho intramolecular Hbond substituents is 1. The van der Waals surface area contributed by atoms with E-state index in [-0.39, 0.29) is 24.2 Å². The van der Waals surface area contributed by atoms with Crippen LogP contribution in [0.1, 0.15) is 31.7 Å². The summed E-state index contributed by atoms with van der Waals surface area (Å²) in [6.45, 7) is 3.41. The van der Waals surface area contributed by atoms with Crippen LogP contribution in [-0.2, 0) is 14.9 Å². The lowest BCUT2D eigenvalue weighted by Crippen LogP contribution is -2.72. The maximum atomic E-state index is 13.5. The number of aliphatic hydroxyl groups excluding tert-OH is 1. The zero-order valence-corrected chi connectivity index (χ0v) is 16.7. The summed E-state index contributed by atoms with van der Waals surface area (Å²) in [7, 11) is 3.52. The number of ether oxygens (including phenoxy) is 1. The van der Waals surface area contributed by atoms with E-state index in [9.17, 15) is 15.0 Å². The zero-order valence-electron chi connectivity index (χ0n) is 16.7. The van der Waals surface area contributed by atoms with Gasteiger partial charge in [0.25, 0.3) is 0 Å². The van der Waals surface area contributed by atoms with E-state index < -0.39 is 16.5 Å². The number of rotatable bonds is 2. The molecule has 1 aromatic carbocycles. The molecule has 4 heterocycles. The molecule has 28 heavy (non-hydrogen) atoms. The van der Waals surface area contributed by atoms with Gasteiger partial charge in [-0.15, -0.1) is 0 Å². The molecule has 0 amide bonds. The summed E-state index contributed by atoms with van der Waals surface area (Å²) in [4.78, 5) is 18.3. The van der Waals surface area contributed by atoms with Crippen molar-refractivity contribution in [2.45, 2.75) is 37.3 Å². The van der Waals surface area contributed by atoms with Crippen molar-refractivity contribution in [3.63, 3.8) is 0 Å². The Hall–Kier alpha value is -2.05. The van der Waals surface area contributed by atoms with Crippen LogP contribution in [-0.4, -0.2) is 60.6 Å². The number of carbonyl (C=O) groups excluding carboxylic acids is 1. The maximum absolute atomic E-state index is 13.5. The van der Waals surface area contributed by atoms with Crippen molar-refractivity contribution in [1.82, 2.24) is 4.90 Å². The quantitative estimate of drug-likeness (QED) is 0.600. The largest absolute Gasteiger partial charge is 0.508 e. The molecule has 4 aliphatic heterocycles. The standard InChI is InChI=1S/C22H28N2O4/c1-4-14-12-24-10-9-21-17-11-15(26)5-6-18(17)23(2)22(21,24)8-7-16(14)20(21,13-25)19(27)28-3/h4-6,11,16,25-26H,7-10,12-13H2,1-3H3/b14-4-/t16-,20?,21+,22+/m1/s1. The second-order valence-electron chi connectivity index (χ2n) is 8.73. The van der Waals surface area contributed by atoms with Crippen LogP contribution in [0, 0.1) is 11.3 Å². The average Bonchev–Trinajstić information content (AvgIpc) is 3.04. The number of benzene rings is 1. The lowest BCUT2D eigenvalue weighted by molar-refractivity contribution is -0.175. The van der Waals surface area contributed by atoms with Crippen molar-refractivity contribution < 1.29 is 19.7 Å². The van der Waals surface area contributed by atoms with Gasteiger partial charge in [-0.3, -0.25) is 9.69 Å². The van der Waals surface area contributed by atoms with Crippen LogP contribution in [0.4, 0.5) is 5.69 Å². The number of aromatic hydroxyl groups is 1. The highest BCUT2D eigenvalue weighted by molar-refractivity contribution is 5.86. The predicted octanol–water partition coefficient (Wildman–Crippen LogP) is 2.00. The average molecular weight is 384 g/mol. The molecule has 2 N–H and O–H groups in total. The summed E-state index contributed by atoms with van der Waals surface area (Å²) in [5.74, 6) is -0.216.